The molecule has 0 aliphatic rings. The Morgan fingerprint density at radius 2 is 1.94 bits per heavy atom. The van der Waals surface area contributed by atoms with Gasteiger partial charge in [0, 0.05) is 11.3 Å². The molecule has 0 N–H and O–H groups in total. The molecule has 3 nitrogen and oxygen atoms in total. The number of nitrogens with zero attached hydrogens (tertiary/aromatic N) is 3. The Morgan fingerprint density at radius 3 is 2.76 bits per heavy atom. The minimum atomic E-state index is 0.949. The average Bonchev–Trinajstić information content (AvgIpc) is 2.68. The van der Waals surface area contributed by atoms with Crippen LogP contribution in [0.15, 0.2) is 30.6 Å². The number of fused-ring (bicyclic) bond motifs is 1. The van der Waals surface area contributed by atoms with Crippen LogP contribution in [0.25, 0.3) is 21.5 Å². The van der Waals surface area contributed by atoms with Crippen molar-refractivity contribution in [3.05, 3.63) is 41.3 Å². The maximum atomic E-state index is 4.50. The van der Waals surface area contributed by atoms with Crippen molar-refractivity contribution >= 4 is 21.6 Å². The molecule has 3 rings (SSSR count). The van der Waals surface area contributed by atoms with Crippen LogP contribution in [-0.2, 0) is 0 Å². The van der Waals surface area contributed by atoms with Crippen LogP contribution in [-0.4, -0.2) is 15.0 Å². The van der Waals surface area contributed by atoms with Crippen LogP contribution >= 0.6 is 11.3 Å². The molecule has 0 saturated carbocycles. The molecule has 0 aliphatic carbocycles. The van der Waals surface area contributed by atoms with Crippen molar-refractivity contribution < 1.29 is 0 Å². The third-order valence-corrected chi connectivity index (χ3v) is 3.55. The molecule has 0 bridgehead atoms. The lowest BCUT2D eigenvalue weighted by Crippen LogP contribution is -1.87. The number of hydrogen-bond donors (Lipinski definition) is 0. The first-order chi connectivity index (χ1) is 8.22. The third kappa shape index (κ3) is 1.91. The van der Waals surface area contributed by atoms with E-state index in [2.05, 4.69) is 33.2 Å². The van der Waals surface area contributed by atoms with E-state index < -0.39 is 0 Å². The van der Waals surface area contributed by atoms with E-state index in [0.29, 0.717) is 0 Å². The quantitative estimate of drug-likeness (QED) is 0.655. The van der Waals surface area contributed by atoms with Crippen LogP contribution in [0.2, 0.25) is 0 Å². The summed E-state index contributed by atoms with van der Waals surface area (Å²) in [4.78, 5) is 12.9. The largest absolute Gasteiger partial charge is 0.242 e. The highest BCUT2D eigenvalue weighted by Crippen LogP contribution is 2.26. The highest BCUT2D eigenvalue weighted by molar-refractivity contribution is 7.18. The van der Waals surface area contributed by atoms with Gasteiger partial charge in [0.15, 0.2) is 0 Å². The van der Waals surface area contributed by atoms with Crippen molar-refractivity contribution in [1.29, 1.82) is 0 Å². The summed E-state index contributed by atoms with van der Waals surface area (Å²) in [6.07, 6.45) is 1.60. The molecular weight excluding hydrogens is 230 g/mol. The second-order valence-corrected chi connectivity index (χ2v) is 5.19. The average molecular weight is 241 g/mol. The molecule has 0 saturated heterocycles. The van der Waals surface area contributed by atoms with E-state index in [9.17, 15) is 0 Å². The zero-order chi connectivity index (χ0) is 11.8. The fraction of sp³-hybridized carbons (Fsp3) is 0.154. The van der Waals surface area contributed by atoms with Gasteiger partial charge in [-0.15, -0.1) is 11.3 Å². The molecule has 84 valence electrons. The van der Waals surface area contributed by atoms with Gasteiger partial charge < -0.3 is 0 Å². The van der Waals surface area contributed by atoms with Crippen LogP contribution in [0, 0.1) is 13.8 Å². The normalized spacial score (nSPS) is 10.9. The smallest absolute Gasteiger partial charge is 0.116 e. The highest BCUT2D eigenvalue weighted by atomic mass is 32.1. The first-order valence-corrected chi connectivity index (χ1v) is 6.20. The fourth-order valence-corrected chi connectivity index (χ4v) is 2.62. The maximum Gasteiger partial charge on any atom is 0.116 e. The van der Waals surface area contributed by atoms with E-state index in [4.69, 9.17) is 0 Å². The number of aromatic nitrogens is 3. The summed E-state index contributed by atoms with van der Waals surface area (Å²) < 4.78 is 1.22. The van der Waals surface area contributed by atoms with E-state index in [1.165, 1.54) is 4.70 Å². The second kappa shape index (κ2) is 3.89. The van der Waals surface area contributed by atoms with Crippen molar-refractivity contribution in [2.75, 3.05) is 0 Å². The van der Waals surface area contributed by atoms with Gasteiger partial charge in [-0.1, -0.05) is 6.07 Å². The fourth-order valence-electron chi connectivity index (χ4n) is 1.81. The molecule has 4 heteroatoms. The first kappa shape index (κ1) is 10.4. The van der Waals surface area contributed by atoms with Gasteiger partial charge in [-0.05, 0) is 32.0 Å². The summed E-state index contributed by atoms with van der Waals surface area (Å²) in [6.45, 7) is 4.00. The first-order valence-electron chi connectivity index (χ1n) is 5.38. The van der Waals surface area contributed by atoms with E-state index in [-0.39, 0.29) is 0 Å². The van der Waals surface area contributed by atoms with Gasteiger partial charge in [0.25, 0.3) is 0 Å². The van der Waals surface area contributed by atoms with Crippen molar-refractivity contribution in [2.24, 2.45) is 0 Å². The lowest BCUT2D eigenvalue weighted by Gasteiger charge is -2.00. The summed E-state index contributed by atoms with van der Waals surface area (Å²) in [7, 11) is 0. The number of benzene rings is 1. The Labute approximate surface area is 103 Å². The molecule has 0 unspecified atom stereocenters. The molecule has 0 spiro atoms. The van der Waals surface area contributed by atoms with E-state index in [1.807, 2.05) is 19.9 Å². The van der Waals surface area contributed by atoms with Gasteiger partial charge in [-0.25, -0.2) is 15.0 Å². The standard InChI is InChI=1S/C13H11N3S/c1-8-5-11(15-7-14-8)10-3-4-13-12(6-10)16-9(2)17-13/h3-7H,1-2H3. The van der Waals surface area contributed by atoms with Crippen LogP contribution in [0.1, 0.15) is 10.7 Å². The van der Waals surface area contributed by atoms with Crippen molar-refractivity contribution in [3.8, 4) is 11.3 Å². The number of thiazole rings is 1. The summed E-state index contributed by atoms with van der Waals surface area (Å²) in [6, 6.07) is 8.26. The Hall–Kier alpha value is -1.81. The molecule has 2 heterocycles. The van der Waals surface area contributed by atoms with Gasteiger partial charge >= 0.3 is 0 Å². The van der Waals surface area contributed by atoms with Gasteiger partial charge in [-0.3, -0.25) is 0 Å². The molecule has 1 aromatic carbocycles. The minimum Gasteiger partial charge on any atom is -0.242 e. The highest BCUT2D eigenvalue weighted by Gasteiger charge is 2.04. The van der Waals surface area contributed by atoms with E-state index >= 15 is 0 Å². The zero-order valence-electron chi connectivity index (χ0n) is 9.64. The second-order valence-electron chi connectivity index (χ2n) is 3.96. The van der Waals surface area contributed by atoms with Gasteiger partial charge in [0.1, 0.15) is 6.33 Å². The maximum absolute atomic E-state index is 4.50. The van der Waals surface area contributed by atoms with Gasteiger partial charge in [-0.2, -0.15) is 0 Å². The Bertz CT molecular complexity index is 688. The van der Waals surface area contributed by atoms with Crippen molar-refractivity contribution in [3.63, 3.8) is 0 Å². The Balaban J connectivity index is 2.17. The molecule has 17 heavy (non-hydrogen) atoms. The number of rotatable bonds is 1. The molecular formula is C13H11N3S. The summed E-state index contributed by atoms with van der Waals surface area (Å²) >= 11 is 1.72. The van der Waals surface area contributed by atoms with E-state index in [0.717, 1.165) is 27.5 Å². The lowest BCUT2D eigenvalue weighted by atomic mass is 10.1. The predicted octanol–water partition coefficient (Wildman–Crippen LogP) is 3.37. The van der Waals surface area contributed by atoms with Crippen LogP contribution in [0.3, 0.4) is 0 Å². The van der Waals surface area contributed by atoms with Crippen molar-refractivity contribution in [1.82, 2.24) is 15.0 Å². The SMILES string of the molecule is Cc1cc(-c2ccc3sc(C)nc3c2)ncn1. The molecule has 0 radical (unpaired) electrons. The molecule has 0 atom stereocenters. The lowest BCUT2D eigenvalue weighted by molar-refractivity contribution is 1.11. The predicted molar refractivity (Wildman–Crippen MR) is 70.1 cm³/mol. The van der Waals surface area contributed by atoms with E-state index in [1.54, 1.807) is 17.7 Å². The Kier molecular flexibility index (Phi) is 2.37. The molecule has 0 aliphatic heterocycles. The van der Waals surface area contributed by atoms with Gasteiger partial charge in [0.05, 0.1) is 20.9 Å². The zero-order valence-corrected chi connectivity index (χ0v) is 10.5. The molecule has 0 amide bonds. The molecule has 0 fully saturated rings. The molecule has 2 aromatic heterocycles. The van der Waals surface area contributed by atoms with Crippen molar-refractivity contribution in [2.45, 2.75) is 13.8 Å². The summed E-state index contributed by atoms with van der Waals surface area (Å²) in [5, 5.41) is 1.09. The number of hydrogen-bond acceptors (Lipinski definition) is 4. The Morgan fingerprint density at radius 1 is 1.06 bits per heavy atom. The van der Waals surface area contributed by atoms with Crippen LogP contribution in [0.5, 0.6) is 0 Å². The summed E-state index contributed by atoms with van der Waals surface area (Å²) in [5.74, 6) is 0. The van der Waals surface area contributed by atoms with Gasteiger partial charge in [0.2, 0.25) is 0 Å². The molecule has 3 aromatic rings. The summed E-state index contributed by atoms with van der Waals surface area (Å²) in [5.41, 5.74) is 4.06. The third-order valence-electron chi connectivity index (χ3n) is 2.59. The minimum absolute atomic E-state index is 0.949. The van der Waals surface area contributed by atoms with Crippen LogP contribution < -0.4 is 0 Å². The topological polar surface area (TPSA) is 38.7 Å². The van der Waals surface area contributed by atoms with Crippen LogP contribution in [0.4, 0.5) is 0 Å². The number of aryl methyl sites for hydroxylation is 2. The monoisotopic (exact) mass is 241 g/mol.